The number of rotatable bonds is 2. The number of likely N-dealkylation sites (tertiary alicyclic amines) is 2. The van der Waals surface area contributed by atoms with Gasteiger partial charge in [0.2, 0.25) is 5.91 Å². The van der Waals surface area contributed by atoms with Crippen molar-refractivity contribution in [3.8, 4) is 0 Å². The van der Waals surface area contributed by atoms with Gasteiger partial charge in [0.1, 0.15) is 6.29 Å². The third-order valence-corrected chi connectivity index (χ3v) is 3.61. The molecule has 0 aromatic heterocycles. The Labute approximate surface area is 90.2 Å². The maximum absolute atomic E-state index is 11.8. The zero-order chi connectivity index (χ0) is 10.8. The van der Waals surface area contributed by atoms with Gasteiger partial charge in [-0.25, -0.2) is 0 Å². The van der Waals surface area contributed by atoms with Gasteiger partial charge in [-0.15, -0.1) is 0 Å². The summed E-state index contributed by atoms with van der Waals surface area (Å²) in [5.41, 5.74) is 0. The fraction of sp³-hybridized carbons (Fsp3) is 0.818. The summed E-state index contributed by atoms with van der Waals surface area (Å²) in [6.45, 7) is 2.67. The lowest BCUT2D eigenvalue weighted by Crippen LogP contribution is -2.45. The second-order valence-electron chi connectivity index (χ2n) is 4.57. The summed E-state index contributed by atoms with van der Waals surface area (Å²) in [4.78, 5) is 26.4. The molecule has 84 valence electrons. The van der Waals surface area contributed by atoms with Crippen molar-refractivity contribution in [2.45, 2.75) is 25.3 Å². The minimum atomic E-state index is 0.0857. The van der Waals surface area contributed by atoms with Gasteiger partial charge < -0.3 is 9.69 Å². The minimum absolute atomic E-state index is 0.0857. The van der Waals surface area contributed by atoms with Crippen LogP contribution >= 0.6 is 0 Å². The molecular weight excluding hydrogens is 192 g/mol. The number of hydrogen-bond acceptors (Lipinski definition) is 3. The molecule has 0 spiro atoms. The maximum atomic E-state index is 11.8. The topological polar surface area (TPSA) is 40.6 Å². The van der Waals surface area contributed by atoms with Gasteiger partial charge in [-0.05, 0) is 32.4 Å². The molecule has 2 heterocycles. The summed E-state index contributed by atoms with van der Waals surface area (Å²) in [6, 6.07) is 0.0857. The average Bonchev–Trinajstić information content (AvgIpc) is 2.60. The molecule has 4 nitrogen and oxygen atoms in total. The van der Waals surface area contributed by atoms with Crippen LogP contribution in [0.4, 0.5) is 0 Å². The highest BCUT2D eigenvalue weighted by Crippen LogP contribution is 2.22. The molecule has 0 N–H and O–H groups in total. The van der Waals surface area contributed by atoms with Crippen LogP contribution in [0.3, 0.4) is 0 Å². The predicted octanol–water partition coefficient (Wildman–Crippen LogP) is 0.128. The SMILES string of the molecule is CN1CCC(N2CCC(C=O)CC2)C1=O. The van der Waals surface area contributed by atoms with Crippen LogP contribution in [0.25, 0.3) is 0 Å². The Hall–Kier alpha value is -0.900. The van der Waals surface area contributed by atoms with E-state index < -0.39 is 0 Å². The third-order valence-electron chi connectivity index (χ3n) is 3.61. The quantitative estimate of drug-likeness (QED) is 0.608. The van der Waals surface area contributed by atoms with Crippen LogP contribution in [0.2, 0.25) is 0 Å². The second kappa shape index (κ2) is 4.31. The monoisotopic (exact) mass is 210 g/mol. The summed E-state index contributed by atoms with van der Waals surface area (Å²) in [7, 11) is 1.86. The van der Waals surface area contributed by atoms with Crippen molar-refractivity contribution >= 4 is 12.2 Å². The van der Waals surface area contributed by atoms with Crippen molar-refractivity contribution in [1.29, 1.82) is 0 Å². The van der Waals surface area contributed by atoms with Gasteiger partial charge in [-0.3, -0.25) is 9.69 Å². The first-order chi connectivity index (χ1) is 7.22. The highest BCUT2D eigenvalue weighted by Gasteiger charge is 2.35. The van der Waals surface area contributed by atoms with Gasteiger partial charge in [-0.1, -0.05) is 0 Å². The Morgan fingerprint density at radius 3 is 2.33 bits per heavy atom. The first kappa shape index (κ1) is 10.6. The number of likely N-dealkylation sites (N-methyl/N-ethyl adjacent to an activating group) is 1. The van der Waals surface area contributed by atoms with Gasteiger partial charge in [0, 0.05) is 19.5 Å². The molecular formula is C11H18N2O2. The van der Waals surface area contributed by atoms with Crippen molar-refractivity contribution in [3.05, 3.63) is 0 Å². The van der Waals surface area contributed by atoms with E-state index in [1.807, 2.05) is 7.05 Å². The minimum Gasteiger partial charge on any atom is -0.344 e. The number of carbonyl (C=O) groups is 2. The van der Waals surface area contributed by atoms with Crippen LogP contribution in [0.1, 0.15) is 19.3 Å². The van der Waals surface area contributed by atoms with E-state index in [2.05, 4.69) is 4.90 Å². The third kappa shape index (κ3) is 2.04. The van der Waals surface area contributed by atoms with Crippen LogP contribution in [0.15, 0.2) is 0 Å². The molecule has 2 fully saturated rings. The molecule has 15 heavy (non-hydrogen) atoms. The van der Waals surface area contributed by atoms with E-state index in [9.17, 15) is 9.59 Å². The molecule has 2 rings (SSSR count). The average molecular weight is 210 g/mol. The van der Waals surface area contributed by atoms with Crippen molar-refractivity contribution in [3.63, 3.8) is 0 Å². The van der Waals surface area contributed by atoms with E-state index in [0.717, 1.165) is 45.2 Å². The largest absolute Gasteiger partial charge is 0.344 e. The van der Waals surface area contributed by atoms with Gasteiger partial charge in [0.05, 0.1) is 6.04 Å². The van der Waals surface area contributed by atoms with Crippen molar-refractivity contribution in [2.24, 2.45) is 5.92 Å². The zero-order valence-corrected chi connectivity index (χ0v) is 9.19. The van der Waals surface area contributed by atoms with Crippen molar-refractivity contribution in [2.75, 3.05) is 26.7 Å². The second-order valence-corrected chi connectivity index (χ2v) is 4.57. The first-order valence-electron chi connectivity index (χ1n) is 5.66. The normalized spacial score (nSPS) is 29.8. The van der Waals surface area contributed by atoms with Crippen LogP contribution in [0, 0.1) is 5.92 Å². The molecule has 0 aliphatic carbocycles. The lowest BCUT2D eigenvalue weighted by atomic mass is 9.97. The Kier molecular flexibility index (Phi) is 3.05. The van der Waals surface area contributed by atoms with Crippen LogP contribution in [-0.4, -0.2) is 54.7 Å². The molecule has 4 heteroatoms. The molecule has 0 radical (unpaired) electrons. The number of carbonyl (C=O) groups excluding carboxylic acids is 2. The highest BCUT2D eigenvalue weighted by molar-refractivity contribution is 5.83. The van der Waals surface area contributed by atoms with Gasteiger partial charge in [0.25, 0.3) is 0 Å². The predicted molar refractivity (Wildman–Crippen MR) is 56.4 cm³/mol. The Morgan fingerprint density at radius 1 is 1.20 bits per heavy atom. The number of aldehydes is 1. The van der Waals surface area contributed by atoms with Crippen LogP contribution in [0.5, 0.6) is 0 Å². The Bertz CT molecular complexity index is 259. The molecule has 0 saturated carbocycles. The van der Waals surface area contributed by atoms with E-state index in [0.29, 0.717) is 0 Å². The Balaban J connectivity index is 1.91. The number of amides is 1. The van der Waals surface area contributed by atoms with E-state index >= 15 is 0 Å². The molecule has 0 aromatic carbocycles. The van der Waals surface area contributed by atoms with Gasteiger partial charge in [0.15, 0.2) is 0 Å². The highest BCUT2D eigenvalue weighted by atomic mass is 16.2. The fourth-order valence-electron chi connectivity index (χ4n) is 2.51. The lowest BCUT2D eigenvalue weighted by Gasteiger charge is -2.33. The van der Waals surface area contributed by atoms with Crippen molar-refractivity contribution < 1.29 is 9.59 Å². The lowest BCUT2D eigenvalue weighted by molar-refractivity contribution is -0.131. The van der Waals surface area contributed by atoms with E-state index in [1.165, 1.54) is 0 Å². The molecule has 0 bridgehead atoms. The zero-order valence-electron chi connectivity index (χ0n) is 9.19. The fourth-order valence-corrected chi connectivity index (χ4v) is 2.51. The molecule has 1 atom stereocenters. The molecule has 2 aliphatic rings. The smallest absolute Gasteiger partial charge is 0.239 e. The standard InChI is InChI=1S/C11H18N2O2/c1-12-5-4-10(11(12)15)13-6-2-9(8-14)3-7-13/h8-10H,2-7H2,1H3. The number of hydrogen-bond donors (Lipinski definition) is 0. The van der Waals surface area contributed by atoms with Crippen molar-refractivity contribution in [1.82, 2.24) is 9.80 Å². The van der Waals surface area contributed by atoms with E-state index in [4.69, 9.17) is 0 Å². The summed E-state index contributed by atoms with van der Waals surface area (Å²) < 4.78 is 0. The van der Waals surface area contributed by atoms with Crippen LogP contribution < -0.4 is 0 Å². The molecule has 1 unspecified atom stereocenters. The molecule has 2 aliphatic heterocycles. The molecule has 2 saturated heterocycles. The summed E-state index contributed by atoms with van der Waals surface area (Å²) >= 11 is 0. The maximum Gasteiger partial charge on any atom is 0.239 e. The first-order valence-corrected chi connectivity index (χ1v) is 5.66. The summed E-state index contributed by atoms with van der Waals surface area (Å²) in [6.07, 6.45) is 3.83. The van der Waals surface area contributed by atoms with Gasteiger partial charge in [-0.2, -0.15) is 0 Å². The van der Waals surface area contributed by atoms with E-state index in [-0.39, 0.29) is 17.9 Å². The number of nitrogens with zero attached hydrogens (tertiary/aromatic N) is 2. The number of piperidine rings is 1. The van der Waals surface area contributed by atoms with Crippen LogP contribution in [-0.2, 0) is 9.59 Å². The molecule has 1 amide bonds. The molecule has 0 aromatic rings. The Morgan fingerprint density at radius 2 is 1.87 bits per heavy atom. The summed E-state index contributed by atoms with van der Waals surface area (Å²) in [5, 5.41) is 0. The van der Waals surface area contributed by atoms with Gasteiger partial charge >= 0.3 is 0 Å². The summed E-state index contributed by atoms with van der Waals surface area (Å²) in [5.74, 6) is 0.468. The van der Waals surface area contributed by atoms with E-state index in [1.54, 1.807) is 4.90 Å².